The van der Waals surface area contributed by atoms with Crippen LogP contribution in [0.15, 0.2) is 58.4 Å². The fourth-order valence-electron chi connectivity index (χ4n) is 3.05. The first-order chi connectivity index (χ1) is 15.0. The number of rotatable bonds is 5. The third kappa shape index (κ3) is 4.43. The van der Waals surface area contributed by atoms with Gasteiger partial charge in [0.05, 0.1) is 27.4 Å². The lowest BCUT2D eigenvalue weighted by atomic mass is 10.1. The van der Waals surface area contributed by atoms with E-state index in [1.165, 1.54) is 44.2 Å². The van der Waals surface area contributed by atoms with Crippen LogP contribution in [0.5, 0.6) is 0 Å². The third-order valence-electron chi connectivity index (χ3n) is 4.54. The van der Waals surface area contributed by atoms with E-state index in [4.69, 9.17) is 0 Å². The monoisotopic (exact) mass is 447 g/mol. The van der Waals surface area contributed by atoms with Crippen molar-refractivity contribution in [1.82, 2.24) is 15.2 Å². The molecule has 0 aliphatic carbocycles. The molecule has 0 saturated heterocycles. The summed E-state index contributed by atoms with van der Waals surface area (Å²) in [5.41, 5.74) is 0.285. The molecule has 0 bridgehead atoms. The van der Waals surface area contributed by atoms with Crippen LogP contribution in [0.25, 0.3) is 5.69 Å². The van der Waals surface area contributed by atoms with Crippen LogP contribution >= 0.6 is 0 Å². The van der Waals surface area contributed by atoms with E-state index in [1.54, 1.807) is 0 Å². The number of hydrazone groups is 1. The summed E-state index contributed by atoms with van der Waals surface area (Å²) >= 11 is 0. The Labute approximate surface area is 178 Å². The summed E-state index contributed by atoms with van der Waals surface area (Å²) in [5.74, 6) is -0.858. The number of nitro benzene ring substituents is 1. The van der Waals surface area contributed by atoms with Crippen LogP contribution in [-0.2, 0) is 6.18 Å². The number of carbonyl (C=O) groups excluding carboxylic acids is 1. The highest BCUT2D eigenvalue weighted by molar-refractivity contribution is 6.02. The lowest BCUT2D eigenvalue weighted by Crippen LogP contribution is -2.24. The van der Waals surface area contributed by atoms with Gasteiger partial charge in [-0.3, -0.25) is 24.8 Å². The number of carbonyl (C=O) groups is 1. The SMILES string of the molecule is C/C(=N/NC(=O)c1ccccc1[N+](=O)[O-])c1c(C)[nH]n(-c2cccc(C(F)(F)F)c2)c1=O. The van der Waals surface area contributed by atoms with Crippen molar-refractivity contribution < 1.29 is 22.9 Å². The summed E-state index contributed by atoms with van der Waals surface area (Å²) in [6.45, 7) is 2.93. The molecule has 0 spiro atoms. The Morgan fingerprint density at radius 2 is 1.88 bits per heavy atom. The number of aryl methyl sites for hydroxylation is 1. The topological polar surface area (TPSA) is 122 Å². The van der Waals surface area contributed by atoms with E-state index in [0.717, 1.165) is 22.9 Å². The van der Waals surface area contributed by atoms with E-state index < -0.39 is 33.8 Å². The van der Waals surface area contributed by atoms with E-state index in [9.17, 15) is 32.9 Å². The first-order valence-electron chi connectivity index (χ1n) is 9.08. The first kappa shape index (κ1) is 22.5. The normalized spacial score (nSPS) is 12.0. The van der Waals surface area contributed by atoms with Crippen LogP contribution in [-0.4, -0.2) is 26.3 Å². The fourth-order valence-corrected chi connectivity index (χ4v) is 3.05. The van der Waals surface area contributed by atoms with Crippen LogP contribution < -0.4 is 11.0 Å². The van der Waals surface area contributed by atoms with Crippen molar-refractivity contribution in [3.8, 4) is 5.69 Å². The average molecular weight is 447 g/mol. The zero-order chi connectivity index (χ0) is 23.6. The molecule has 2 N–H and O–H groups in total. The maximum absolute atomic E-state index is 13.0. The van der Waals surface area contributed by atoms with Crippen LogP contribution in [0.4, 0.5) is 18.9 Å². The molecule has 0 aliphatic rings. The smallest absolute Gasteiger partial charge is 0.295 e. The van der Waals surface area contributed by atoms with Gasteiger partial charge in [-0.2, -0.15) is 18.3 Å². The van der Waals surface area contributed by atoms with Crippen LogP contribution in [0.2, 0.25) is 0 Å². The largest absolute Gasteiger partial charge is 0.416 e. The van der Waals surface area contributed by atoms with Crippen molar-refractivity contribution in [1.29, 1.82) is 0 Å². The van der Waals surface area contributed by atoms with Gasteiger partial charge in [0.15, 0.2) is 0 Å². The molecule has 1 aromatic heterocycles. The third-order valence-corrected chi connectivity index (χ3v) is 4.54. The molecule has 9 nitrogen and oxygen atoms in total. The van der Waals surface area contributed by atoms with Gasteiger partial charge in [-0.05, 0) is 38.1 Å². The number of nitrogens with zero attached hydrogens (tertiary/aromatic N) is 3. The Morgan fingerprint density at radius 3 is 2.53 bits per heavy atom. The molecule has 0 unspecified atom stereocenters. The van der Waals surface area contributed by atoms with Crippen molar-refractivity contribution in [2.75, 3.05) is 0 Å². The number of hydrogen-bond donors (Lipinski definition) is 2. The number of para-hydroxylation sites is 1. The highest BCUT2D eigenvalue weighted by atomic mass is 19.4. The Balaban J connectivity index is 1.92. The minimum atomic E-state index is -4.58. The maximum atomic E-state index is 13.0. The Hall–Kier alpha value is -4.22. The lowest BCUT2D eigenvalue weighted by Gasteiger charge is -2.08. The minimum Gasteiger partial charge on any atom is -0.295 e. The van der Waals surface area contributed by atoms with Crippen molar-refractivity contribution in [2.45, 2.75) is 20.0 Å². The number of aromatic amines is 1. The molecule has 2 aromatic carbocycles. The first-order valence-corrected chi connectivity index (χ1v) is 9.08. The van der Waals surface area contributed by atoms with Crippen molar-refractivity contribution in [3.63, 3.8) is 0 Å². The van der Waals surface area contributed by atoms with Crippen LogP contribution in [0.1, 0.15) is 34.1 Å². The molecule has 12 heteroatoms. The molecule has 0 radical (unpaired) electrons. The van der Waals surface area contributed by atoms with E-state index in [-0.39, 0.29) is 22.5 Å². The van der Waals surface area contributed by atoms with Crippen molar-refractivity contribution in [2.24, 2.45) is 5.10 Å². The van der Waals surface area contributed by atoms with E-state index in [2.05, 4.69) is 15.6 Å². The molecule has 1 amide bonds. The zero-order valence-corrected chi connectivity index (χ0v) is 16.7. The number of aromatic nitrogens is 2. The highest BCUT2D eigenvalue weighted by Crippen LogP contribution is 2.30. The molecule has 1 heterocycles. The zero-order valence-electron chi connectivity index (χ0n) is 16.7. The Kier molecular flexibility index (Phi) is 5.96. The van der Waals surface area contributed by atoms with Gasteiger partial charge in [0, 0.05) is 11.8 Å². The Morgan fingerprint density at radius 1 is 1.19 bits per heavy atom. The summed E-state index contributed by atoms with van der Waals surface area (Å²) in [7, 11) is 0. The molecule has 3 aromatic rings. The summed E-state index contributed by atoms with van der Waals surface area (Å²) in [5, 5.41) is 17.6. The number of H-pyrrole nitrogens is 1. The fraction of sp³-hybridized carbons (Fsp3) is 0.150. The molecule has 0 saturated carbocycles. The summed E-state index contributed by atoms with van der Waals surface area (Å²) in [4.78, 5) is 35.5. The molecule has 0 atom stereocenters. The second kappa shape index (κ2) is 8.49. The lowest BCUT2D eigenvalue weighted by molar-refractivity contribution is -0.385. The number of nitrogens with one attached hydrogen (secondary N) is 2. The van der Waals surface area contributed by atoms with Gasteiger partial charge in [-0.1, -0.05) is 18.2 Å². The van der Waals surface area contributed by atoms with Gasteiger partial charge in [-0.15, -0.1) is 0 Å². The predicted molar refractivity (Wildman–Crippen MR) is 109 cm³/mol. The summed E-state index contributed by atoms with van der Waals surface area (Å²) in [6, 6.07) is 9.48. The molecule has 166 valence electrons. The number of benzene rings is 2. The maximum Gasteiger partial charge on any atom is 0.416 e. The molecular formula is C20H16F3N5O4. The Bertz CT molecular complexity index is 1290. The van der Waals surface area contributed by atoms with Gasteiger partial charge < -0.3 is 0 Å². The molecule has 3 rings (SSSR count). The number of amides is 1. The van der Waals surface area contributed by atoms with Crippen molar-refractivity contribution in [3.05, 3.63) is 91.4 Å². The quantitative estimate of drug-likeness (QED) is 0.353. The van der Waals surface area contributed by atoms with E-state index in [0.29, 0.717) is 5.69 Å². The van der Waals surface area contributed by atoms with Crippen LogP contribution in [0, 0.1) is 17.0 Å². The molecule has 32 heavy (non-hydrogen) atoms. The summed E-state index contributed by atoms with van der Waals surface area (Å²) in [6.07, 6.45) is -4.58. The van der Waals surface area contributed by atoms with E-state index >= 15 is 0 Å². The number of halogens is 3. The second-order valence-corrected chi connectivity index (χ2v) is 6.71. The van der Waals surface area contributed by atoms with Crippen LogP contribution in [0.3, 0.4) is 0 Å². The molecular weight excluding hydrogens is 431 g/mol. The number of alkyl halides is 3. The van der Waals surface area contributed by atoms with E-state index in [1.807, 2.05) is 0 Å². The van der Waals surface area contributed by atoms with Gasteiger partial charge in [-0.25, -0.2) is 10.1 Å². The number of hydrogen-bond acceptors (Lipinski definition) is 5. The second-order valence-electron chi connectivity index (χ2n) is 6.71. The van der Waals surface area contributed by atoms with Gasteiger partial charge in [0.25, 0.3) is 17.2 Å². The number of nitro groups is 1. The molecule has 0 aliphatic heterocycles. The minimum absolute atomic E-state index is 0.0316. The van der Waals surface area contributed by atoms with Gasteiger partial charge >= 0.3 is 6.18 Å². The van der Waals surface area contributed by atoms with Gasteiger partial charge in [0.2, 0.25) is 0 Å². The van der Waals surface area contributed by atoms with Crippen molar-refractivity contribution >= 4 is 17.3 Å². The standard InChI is InChI=1S/C20H16F3N5O4/c1-11(24-25-18(29)15-8-3-4-9-16(15)28(31)32)17-12(2)26-27(19(17)30)14-7-5-6-13(10-14)20(21,22)23/h3-10,26H,1-2H3,(H,25,29)/b24-11-. The predicted octanol–water partition coefficient (Wildman–Crippen LogP) is 3.56. The van der Waals surface area contributed by atoms with Gasteiger partial charge in [0.1, 0.15) is 5.56 Å². The summed E-state index contributed by atoms with van der Waals surface area (Å²) < 4.78 is 39.9. The molecule has 0 fully saturated rings. The average Bonchev–Trinajstić information content (AvgIpc) is 3.05. The highest BCUT2D eigenvalue weighted by Gasteiger charge is 2.31.